The first kappa shape index (κ1) is 8.93. The summed E-state index contributed by atoms with van der Waals surface area (Å²) in [5.74, 6) is -0.205. The van der Waals surface area contributed by atoms with Gasteiger partial charge in [0.05, 0.1) is 25.4 Å². The average Bonchev–Trinajstić information content (AvgIpc) is 2.01. The van der Waals surface area contributed by atoms with E-state index in [0.717, 1.165) is 0 Å². The van der Waals surface area contributed by atoms with Gasteiger partial charge in [0, 0.05) is 5.92 Å². The Kier molecular flexibility index (Phi) is 2.84. The molecule has 0 aromatic heterocycles. The third kappa shape index (κ3) is 1.70. The van der Waals surface area contributed by atoms with Gasteiger partial charge in [-0.3, -0.25) is 0 Å². The van der Waals surface area contributed by atoms with Gasteiger partial charge in [-0.1, -0.05) is 6.92 Å². The third-order valence-electron chi connectivity index (χ3n) is 2.18. The molecule has 66 valence electrons. The van der Waals surface area contributed by atoms with Gasteiger partial charge in [-0.15, -0.1) is 0 Å². The van der Waals surface area contributed by atoms with E-state index >= 15 is 0 Å². The van der Waals surface area contributed by atoms with Crippen LogP contribution in [0.3, 0.4) is 0 Å². The highest BCUT2D eigenvalue weighted by atomic mass is 16.5. The molecular formula is C7H14O4. The number of aliphatic hydroxyl groups is 3. The first-order valence-electron chi connectivity index (χ1n) is 3.75. The lowest BCUT2D eigenvalue weighted by atomic mass is 9.92. The van der Waals surface area contributed by atoms with E-state index in [4.69, 9.17) is 14.9 Å². The van der Waals surface area contributed by atoms with Crippen LogP contribution in [-0.2, 0) is 4.74 Å². The molecule has 1 unspecified atom stereocenters. The van der Waals surface area contributed by atoms with Crippen molar-refractivity contribution in [2.45, 2.75) is 25.2 Å². The van der Waals surface area contributed by atoms with Crippen LogP contribution in [0.5, 0.6) is 0 Å². The lowest BCUT2D eigenvalue weighted by Crippen LogP contribution is -2.49. The van der Waals surface area contributed by atoms with E-state index in [1.807, 2.05) is 0 Å². The zero-order valence-electron chi connectivity index (χ0n) is 6.47. The highest BCUT2D eigenvalue weighted by Gasteiger charge is 2.34. The quantitative estimate of drug-likeness (QED) is 0.450. The summed E-state index contributed by atoms with van der Waals surface area (Å²) in [5.41, 5.74) is 0. The van der Waals surface area contributed by atoms with Crippen LogP contribution in [0.4, 0.5) is 0 Å². The van der Waals surface area contributed by atoms with Gasteiger partial charge < -0.3 is 20.1 Å². The predicted molar refractivity (Wildman–Crippen MR) is 38.0 cm³/mol. The molecule has 4 atom stereocenters. The van der Waals surface area contributed by atoms with Crippen molar-refractivity contribution in [3.63, 3.8) is 0 Å². The molecule has 0 amide bonds. The summed E-state index contributed by atoms with van der Waals surface area (Å²) in [5, 5.41) is 27.2. The fraction of sp³-hybridized carbons (Fsp3) is 1.00. The molecule has 1 aliphatic rings. The molecule has 0 aliphatic carbocycles. The maximum Gasteiger partial charge on any atom is 0.104 e. The van der Waals surface area contributed by atoms with Gasteiger partial charge in [0.15, 0.2) is 0 Å². The van der Waals surface area contributed by atoms with Gasteiger partial charge in [-0.2, -0.15) is 0 Å². The molecule has 0 saturated carbocycles. The topological polar surface area (TPSA) is 69.9 Å². The molecule has 0 aromatic rings. The Labute approximate surface area is 65.4 Å². The van der Waals surface area contributed by atoms with Crippen LogP contribution in [-0.4, -0.2) is 46.8 Å². The smallest absolute Gasteiger partial charge is 0.104 e. The zero-order chi connectivity index (χ0) is 8.43. The summed E-state index contributed by atoms with van der Waals surface area (Å²) >= 11 is 0. The van der Waals surface area contributed by atoms with Crippen molar-refractivity contribution in [3.05, 3.63) is 0 Å². The van der Waals surface area contributed by atoms with Crippen molar-refractivity contribution in [2.24, 2.45) is 5.92 Å². The third-order valence-corrected chi connectivity index (χ3v) is 2.18. The number of hydrogen-bond acceptors (Lipinski definition) is 4. The minimum absolute atomic E-state index is 0.106. The van der Waals surface area contributed by atoms with Crippen LogP contribution in [0.15, 0.2) is 0 Å². The Morgan fingerprint density at radius 3 is 2.64 bits per heavy atom. The molecular weight excluding hydrogens is 148 g/mol. The highest BCUT2D eigenvalue weighted by molar-refractivity contribution is 4.83. The summed E-state index contributed by atoms with van der Waals surface area (Å²) in [4.78, 5) is 0. The second-order valence-corrected chi connectivity index (χ2v) is 2.97. The summed E-state index contributed by atoms with van der Waals surface area (Å²) in [6, 6.07) is 0. The first-order chi connectivity index (χ1) is 5.16. The SMILES string of the molecule is C[C@@H]1C(O)[C@@H](O)CO[C@@H]1CO. The second-order valence-electron chi connectivity index (χ2n) is 2.97. The van der Waals surface area contributed by atoms with Gasteiger partial charge in [-0.25, -0.2) is 0 Å². The molecule has 1 saturated heterocycles. The van der Waals surface area contributed by atoms with Crippen LogP contribution >= 0.6 is 0 Å². The van der Waals surface area contributed by atoms with E-state index in [-0.39, 0.29) is 25.2 Å². The molecule has 4 heteroatoms. The number of hydrogen-bond donors (Lipinski definition) is 3. The minimum Gasteiger partial charge on any atom is -0.394 e. The maximum absolute atomic E-state index is 9.31. The molecule has 1 aliphatic heterocycles. The lowest BCUT2D eigenvalue weighted by molar-refractivity contribution is -0.163. The Morgan fingerprint density at radius 2 is 2.09 bits per heavy atom. The fourth-order valence-electron chi connectivity index (χ4n) is 1.26. The first-order valence-corrected chi connectivity index (χ1v) is 3.75. The van der Waals surface area contributed by atoms with Crippen LogP contribution in [0.2, 0.25) is 0 Å². The van der Waals surface area contributed by atoms with Crippen molar-refractivity contribution in [1.82, 2.24) is 0 Å². The van der Waals surface area contributed by atoms with Gasteiger partial charge in [0.25, 0.3) is 0 Å². The van der Waals surface area contributed by atoms with Gasteiger partial charge in [0.2, 0.25) is 0 Å². The highest BCUT2D eigenvalue weighted by Crippen LogP contribution is 2.20. The Morgan fingerprint density at radius 1 is 1.45 bits per heavy atom. The molecule has 0 spiro atoms. The van der Waals surface area contributed by atoms with Crippen LogP contribution in [0, 0.1) is 5.92 Å². The largest absolute Gasteiger partial charge is 0.394 e. The van der Waals surface area contributed by atoms with Gasteiger partial charge in [-0.05, 0) is 0 Å². The molecule has 4 nitrogen and oxygen atoms in total. The molecule has 1 rings (SSSR count). The van der Waals surface area contributed by atoms with E-state index in [2.05, 4.69) is 0 Å². The molecule has 0 radical (unpaired) electrons. The van der Waals surface area contributed by atoms with Crippen molar-refractivity contribution in [2.75, 3.05) is 13.2 Å². The molecule has 11 heavy (non-hydrogen) atoms. The predicted octanol–water partition coefficient (Wildman–Crippen LogP) is -1.26. The number of aliphatic hydroxyl groups excluding tert-OH is 3. The van der Waals surface area contributed by atoms with Crippen LogP contribution in [0.1, 0.15) is 6.92 Å². The molecule has 3 N–H and O–H groups in total. The van der Waals surface area contributed by atoms with Gasteiger partial charge in [0.1, 0.15) is 6.10 Å². The average molecular weight is 162 g/mol. The van der Waals surface area contributed by atoms with Crippen molar-refractivity contribution in [3.8, 4) is 0 Å². The van der Waals surface area contributed by atoms with Crippen LogP contribution < -0.4 is 0 Å². The summed E-state index contributed by atoms with van der Waals surface area (Å²) in [6.45, 7) is 1.75. The van der Waals surface area contributed by atoms with Crippen LogP contribution in [0.25, 0.3) is 0 Å². The molecule has 1 fully saturated rings. The molecule has 0 aromatic carbocycles. The summed E-state index contributed by atoms with van der Waals surface area (Å²) < 4.78 is 5.06. The Hall–Kier alpha value is -0.160. The van der Waals surface area contributed by atoms with E-state index in [1.54, 1.807) is 6.92 Å². The van der Waals surface area contributed by atoms with E-state index in [9.17, 15) is 5.11 Å². The van der Waals surface area contributed by atoms with Crippen molar-refractivity contribution >= 4 is 0 Å². The second kappa shape index (κ2) is 3.49. The molecule has 1 heterocycles. The Balaban J connectivity index is 2.52. The lowest BCUT2D eigenvalue weighted by Gasteiger charge is -2.35. The fourth-order valence-corrected chi connectivity index (χ4v) is 1.26. The van der Waals surface area contributed by atoms with E-state index < -0.39 is 12.2 Å². The summed E-state index contributed by atoms with van der Waals surface area (Å²) in [6.07, 6.45) is -1.93. The van der Waals surface area contributed by atoms with E-state index in [1.165, 1.54) is 0 Å². The number of rotatable bonds is 1. The normalized spacial score (nSPS) is 45.8. The standard InChI is InChI=1S/C7H14O4/c1-4-6(2-8)11-3-5(9)7(4)10/h4-10H,2-3H2,1H3/t4-,5-,6+,7?/m0/s1. The Bertz CT molecular complexity index is 126. The monoisotopic (exact) mass is 162 g/mol. The molecule has 0 bridgehead atoms. The van der Waals surface area contributed by atoms with Gasteiger partial charge >= 0.3 is 0 Å². The maximum atomic E-state index is 9.31. The van der Waals surface area contributed by atoms with E-state index in [0.29, 0.717) is 0 Å². The minimum atomic E-state index is -0.812. The van der Waals surface area contributed by atoms with Crippen molar-refractivity contribution < 1.29 is 20.1 Å². The summed E-state index contributed by atoms with van der Waals surface area (Å²) in [7, 11) is 0. The zero-order valence-corrected chi connectivity index (χ0v) is 6.47. The number of ether oxygens (including phenoxy) is 1. The van der Waals surface area contributed by atoms with Crippen molar-refractivity contribution in [1.29, 1.82) is 0 Å².